The molecule has 142 valence electrons. The Balaban J connectivity index is 1.79. The zero-order valence-corrected chi connectivity index (χ0v) is 17.2. The highest BCUT2D eigenvalue weighted by molar-refractivity contribution is 7.85. The van der Waals surface area contributed by atoms with E-state index in [9.17, 15) is 4.57 Å². The normalized spacial score (nSPS) is 12.1. The molecule has 0 atom stereocenters. The quantitative estimate of drug-likeness (QED) is 0.254. The molecule has 0 N–H and O–H groups in total. The van der Waals surface area contributed by atoms with Gasteiger partial charge in [-0.05, 0) is 38.4 Å². The average Bonchev–Trinajstić information content (AvgIpc) is 2.83. The number of hydrogen-bond acceptors (Lipinski definition) is 1. The van der Waals surface area contributed by atoms with Crippen LogP contribution in [0, 0.1) is 0 Å². The van der Waals surface area contributed by atoms with Gasteiger partial charge in [-0.3, -0.25) is 0 Å². The van der Waals surface area contributed by atoms with E-state index in [0.717, 1.165) is 21.3 Å². The molecule has 0 bridgehead atoms. The third-order valence-corrected chi connectivity index (χ3v) is 9.20. The first-order chi connectivity index (χ1) is 14.8. The Kier molecular flexibility index (Phi) is 3.81. The van der Waals surface area contributed by atoms with Crippen molar-refractivity contribution in [3.05, 3.63) is 115 Å². The second kappa shape index (κ2) is 6.55. The lowest BCUT2D eigenvalue weighted by Gasteiger charge is -2.23. The summed E-state index contributed by atoms with van der Waals surface area (Å²) in [6.07, 6.45) is 0. The third-order valence-electron chi connectivity index (χ3n) is 6.08. The largest absolute Gasteiger partial charge is 0.309 e. The van der Waals surface area contributed by atoms with Crippen molar-refractivity contribution in [2.24, 2.45) is 0 Å². The summed E-state index contributed by atoms with van der Waals surface area (Å²) >= 11 is 0. The molecule has 6 aromatic carbocycles. The first kappa shape index (κ1) is 17.4. The molecule has 1 nitrogen and oxygen atoms in total. The molecule has 0 aliphatic heterocycles. The van der Waals surface area contributed by atoms with Gasteiger partial charge < -0.3 is 4.57 Å². The first-order valence-electron chi connectivity index (χ1n) is 10.2. The molecule has 0 saturated heterocycles. The van der Waals surface area contributed by atoms with E-state index in [0.29, 0.717) is 0 Å². The van der Waals surface area contributed by atoms with Gasteiger partial charge in [-0.1, -0.05) is 109 Å². The molecule has 0 heterocycles. The van der Waals surface area contributed by atoms with Crippen molar-refractivity contribution < 1.29 is 4.57 Å². The summed E-state index contributed by atoms with van der Waals surface area (Å²) in [7, 11) is -3.03. The monoisotopic (exact) mass is 402 g/mol. The molecular weight excluding hydrogens is 383 g/mol. The Morgan fingerprint density at radius 2 is 0.933 bits per heavy atom. The summed E-state index contributed by atoms with van der Waals surface area (Å²) in [5.74, 6) is 0. The fourth-order valence-corrected chi connectivity index (χ4v) is 7.55. The summed E-state index contributed by atoms with van der Waals surface area (Å²) < 4.78 is 15.0. The second-order valence-electron chi connectivity index (χ2n) is 7.72. The van der Waals surface area contributed by atoms with E-state index in [1.165, 1.54) is 26.9 Å². The molecule has 0 spiro atoms. The summed E-state index contributed by atoms with van der Waals surface area (Å²) in [6.45, 7) is 0. The summed E-state index contributed by atoms with van der Waals surface area (Å²) in [6, 6.07) is 39.1. The molecule has 0 aromatic heterocycles. The van der Waals surface area contributed by atoms with Crippen molar-refractivity contribution in [1.29, 1.82) is 0 Å². The zero-order valence-electron chi connectivity index (χ0n) is 16.3. The zero-order chi connectivity index (χ0) is 20.1. The third kappa shape index (κ3) is 2.39. The minimum atomic E-state index is -3.03. The van der Waals surface area contributed by atoms with Gasteiger partial charge in [-0.15, -0.1) is 0 Å². The highest BCUT2D eigenvalue weighted by Gasteiger charge is 2.31. The maximum absolute atomic E-state index is 15.0. The van der Waals surface area contributed by atoms with Gasteiger partial charge in [0.05, 0.1) is 0 Å². The van der Waals surface area contributed by atoms with Crippen molar-refractivity contribution in [2.75, 3.05) is 0 Å². The molecule has 0 radical (unpaired) electrons. The van der Waals surface area contributed by atoms with Crippen LogP contribution >= 0.6 is 7.14 Å². The SMILES string of the molecule is O=P(c1ccccc1)(c1ccccc1)c1ccc2ccc3cccc4ccc1c2c34. The van der Waals surface area contributed by atoms with E-state index in [2.05, 4.69) is 54.6 Å². The molecule has 0 fully saturated rings. The molecule has 0 aliphatic carbocycles. The Morgan fingerprint density at radius 1 is 0.433 bits per heavy atom. The van der Waals surface area contributed by atoms with Gasteiger partial charge >= 0.3 is 0 Å². The van der Waals surface area contributed by atoms with Crippen LogP contribution < -0.4 is 15.9 Å². The topological polar surface area (TPSA) is 17.1 Å². The van der Waals surface area contributed by atoms with Gasteiger partial charge in [0.2, 0.25) is 0 Å². The second-order valence-corrected chi connectivity index (χ2v) is 10.5. The summed E-state index contributed by atoms with van der Waals surface area (Å²) in [5.41, 5.74) is 0. The molecule has 0 unspecified atom stereocenters. The van der Waals surface area contributed by atoms with E-state index < -0.39 is 7.14 Å². The fraction of sp³-hybridized carbons (Fsp3) is 0. The van der Waals surface area contributed by atoms with Crippen LogP contribution in [-0.4, -0.2) is 0 Å². The fourth-order valence-electron chi connectivity index (χ4n) is 4.70. The molecule has 6 aromatic rings. The smallest absolute Gasteiger partial charge is 0.171 e. The molecule has 0 saturated carbocycles. The van der Waals surface area contributed by atoms with Gasteiger partial charge in [0.1, 0.15) is 0 Å². The molecular formula is C28H19OP. The van der Waals surface area contributed by atoms with Crippen LogP contribution in [-0.2, 0) is 4.57 Å². The predicted molar refractivity (Wildman–Crippen MR) is 130 cm³/mol. The van der Waals surface area contributed by atoms with Crippen LogP contribution in [0.4, 0.5) is 0 Å². The first-order valence-corrected chi connectivity index (χ1v) is 11.9. The van der Waals surface area contributed by atoms with E-state index in [-0.39, 0.29) is 0 Å². The van der Waals surface area contributed by atoms with E-state index >= 15 is 0 Å². The minimum Gasteiger partial charge on any atom is -0.309 e. The average molecular weight is 402 g/mol. The summed E-state index contributed by atoms with van der Waals surface area (Å²) in [5, 5.41) is 9.80. The van der Waals surface area contributed by atoms with Crippen molar-refractivity contribution in [1.82, 2.24) is 0 Å². The van der Waals surface area contributed by atoms with Crippen molar-refractivity contribution in [3.63, 3.8) is 0 Å². The highest BCUT2D eigenvalue weighted by Crippen LogP contribution is 2.46. The van der Waals surface area contributed by atoms with Crippen LogP contribution in [0.25, 0.3) is 32.3 Å². The highest BCUT2D eigenvalue weighted by atomic mass is 31.2. The lowest BCUT2D eigenvalue weighted by molar-refractivity contribution is 0.592. The Morgan fingerprint density at radius 3 is 1.53 bits per heavy atom. The number of benzene rings is 6. The Labute approximate surface area is 175 Å². The standard InChI is InChI=1S/C28H19OP/c29-30(23-10-3-1-4-11-23,24-12-5-2-6-13-24)26-19-17-22-15-14-20-8-7-9-21-16-18-25(26)28(22)27(20)21/h1-19H. The van der Waals surface area contributed by atoms with Crippen LogP contribution in [0.3, 0.4) is 0 Å². The van der Waals surface area contributed by atoms with Gasteiger partial charge in [0.15, 0.2) is 7.14 Å². The van der Waals surface area contributed by atoms with Crippen LogP contribution in [0.5, 0.6) is 0 Å². The maximum atomic E-state index is 15.0. The number of rotatable bonds is 3. The molecule has 30 heavy (non-hydrogen) atoms. The summed E-state index contributed by atoms with van der Waals surface area (Å²) in [4.78, 5) is 0. The van der Waals surface area contributed by atoms with Crippen molar-refractivity contribution in [3.8, 4) is 0 Å². The maximum Gasteiger partial charge on any atom is 0.171 e. The Bertz CT molecular complexity index is 1490. The number of hydrogen-bond donors (Lipinski definition) is 0. The van der Waals surface area contributed by atoms with Gasteiger partial charge in [-0.25, -0.2) is 0 Å². The van der Waals surface area contributed by atoms with Crippen LogP contribution in [0.1, 0.15) is 0 Å². The van der Waals surface area contributed by atoms with E-state index in [1.807, 2.05) is 60.7 Å². The Hall–Kier alpha value is -3.41. The van der Waals surface area contributed by atoms with Gasteiger partial charge in [0, 0.05) is 15.9 Å². The van der Waals surface area contributed by atoms with Crippen LogP contribution in [0.15, 0.2) is 115 Å². The predicted octanol–water partition coefficient (Wildman–Crippen LogP) is 6.22. The molecule has 2 heteroatoms. The van der Waals surface area contributed by atoms with Crippen LogP contribution in [0.2, 0.25) is 0 Å². The molecule has 6 rings (SSSR count). The van der Waals surface area contributed by atoms with Gasteiger partial charge in [-0.2, -0.15) is 0 Å². The molecule has 0 aliphatic rings. The van der Waals surface area contributed by atoms with Gasteiger partial charge in [0.25, 0.3) is 0 Å². The van der Waals surface area contributed by atoms with E-state index in [4.69, 9.17) is 0 Å². The minimum absolute atomic E-state index is 0.867. The van der Waals surface area contributed by atoms with Crippen molar-refractivity contribution >= 4 is 55.4 Å². The lowest BCUT2D eigenvalue weighted by Crippen LogP contribution is -2.25. The van der Waals surface area contributed by atoms with Crippen molar-refractivity contribution in [2.45, 2.75) is 0 Å². The van der Waals surface area contributed by atoms with E-state index in [1.54, 1.807) is 0 Å². The lowest BCUT2D eigenvalue weighted by atomic mass is 9.94. The molecule has 0 amide bonds.